The summed E-state index contributed by atoms with van der Waals surface area (Å²) in [4.78, 5) is 10.7. The van der Waals surface area contributed by atoms with Crippen molar-refractivity contribution in [3.63, 3.8) is 0 Å². The van der Waals surface area contributed by atoms with Gasteiger partial charge < -0.3 is 11.3 Å². The van der Waals surface area contributed by atoms with Crippen LogP contribution in [0.4, 0.5) is 0 Å². The van der Waals surface area contributed by atoms with Crippen molar-refractivity contribution in [3.05, 3.63) is 0 Å². The zero-order valence-corrected chi connectivity index (χ0v) is 8.30. The van der Waals surface area contributed by atoms with Crippen LogP contribution < -0.4 is 0 Å². The van der Waals surface area contributed by atoms with Crippen LogP contribution >= 0.6 is 0 Å². The van der Waals surface area contributed by atoms with Crippen LogP contribution in [0.2, 0.25) is 0 Å². The number of nitrogens with zero attached hydrogens (tertiary/aromatic N) is 2. The summed E-state index contributed by atoms with van der Waals surface area (Å²) in [6, 6.07) is 0. The van der Waals surface area contributed by atoms with E-state index in [9.17, 15) is 4.79 Å². The van der Waals surface area contributed by atoms with Gasteiger partial charge in [0.1, 0.15) is 0 Å². The number of carbonyl (C=O) groups excluding carboxylic acids is 1. The second-order valence-corrected chi connectivity index (χ2v) is 1.81. The van der Waals surface area contributed by atoms with Crippen molar-refractivity contribution in [2.45, 2.75) is 6.92 Å². The van der Waals surface area contributed by atoms with E-state index in [0.29, 0.717) is 0 Å². The molecule has 0 N–H and O–H groups in total. The SMILES string of the molecule is CC1[C-]=NN(C)C1=O.[Y]. The van der Waals surface area contributed by atoms with Gasteiger partial charge in [-0.3, -0.25) is 9.80 Å². The van der Waals surface area contributed by atoms with E-state index in [0.717, 1.165) is 0 Å². The van der Waals surface area contributed by atoms with Gasteiger partial charge in [0.05, 0.1) is 0 Å². The van der Waals surface area contributed by atoms with E-state index < -0.39 is 0 Å². The molecule has 1 amide bonds. The number of hydrazone groups is 1. The van der Waals surface area contributed by atoms with Crippen molar-refractivity contribution in [3.8, 4) is 0 Å². The van der Waals surface area contributed by atoms with Crippen molar-refractivity contribution in [1.29, 1.82) is 0 Å². The van der Waals surface area contributed by atoms with E-state index in [2.05, 4.69) is 11.3 Å². The fraction of sp³-hybridized carbons (Fsp3) is 0.600. The summed E-state index contributed by atoms with van der Waals surface area (Å²) in [5.41, 5.74) is 0. The summed E-state index contributed by atoms with van der Waals surface area (Å²) >= 11 is 0. The van der Waals surface area contributed by atoms with Crippen molar-refractivity contribution >= 4 is 12.1 Å². The van der Waals surface area contributed by atoms with E-state index in [1.807, 2.05) is 0 Å². The maximum Gasteiger partial charge on any atom is 0.214 e. The molecule has 1 unspecified atom stereocenters. The molecule has 4 heteroatoms. The third kappa shape index (κ3) is 1.83. The third-order valence-corrected chi connectivity index (χ3v) is 1.09. The normalized spacial score (nSPS) is 24.4. The summed E-state index contributed by atoms with van der Waals surface area (Å²) in [7, 11) is 1.62. The van der Waals surface area contributed by atoms with Gasteiger partial charge >= 0.3 is 0 Å². The Bertz CT molecular complexity index is 132. The molecule has 0 aromatic heterocycles. The molecule has 9 heavy (non-hydrogen) atoms. The molecule has 0 saturated carbocycles. The predicted octanol–water partition coefficient (Wildman–Crippen LogP) is -0.0452. The summed E-state index contributed by atoms with van der Waals surface area (Å²) in [5.74, 6) is -0.120. The Balaban J connectivity index is 0.000000640. The Labute approximate surface area is 79.4 Å². The predicted molar refractivity (Wildman–Crippen MR) is 29.4 cm³/mol. The van der Waals surface area contributed by atoms with Gasteiger partial charge in [-0.2, -0.15) is 0 Å². The summed E-state index contributed by atoms with van der Waals surface area (Å²) in [5, 5.41) is 4.93. The fourth-order valence-corrected chi connectivity index (χ4v) is 0.558. The smallest absolute Gasteiger partial charge is 0.214 e. The quantitative estimate of drug-likeness (QED) is 0.505. The van der Waals surface area contributed by atoms with Crippen LogP contribution in [0, 0.1) is 5.92 Å². The molecule has 0 saturated heterocycles. The molecular weight excluding hydrogens is 193 g/mol. The van der Waals surface area contributed by atoms with Crippen LogP contribution in [0.3, 0.4) is 0 Å². The van der Waals surface area contributed by atoms with Gasteiger partial charge in [-0.05, 0) is 0 Å². The van der Waals surface area contributed by atoms with Crippen LogP contribution in [0.1, 0.15) is 6.92 Å². The molecule has 0 aromatic rings. The minimum Gasteiger partial charge on any atom is -0.394 e. The maximum atomic E-state index is 10.7. The minimum atomic E-state index is -0.139. The second-order valence-electron chi connectivity index (χ2n) is 1.81. The van der Waals surface area contributed by atoms with Crippen LogP contribution in [-0.2, 0) is 37.5 Å². The molecule has 0 spiro atoms. The van der Waals surface area contributed by atoms with Crippen LogP contribution in [-0.4, -0.2) is 24.2 Å². The first kappa shape index (κ1) is 9.24. The largest absolute Gasteiger partial charge is 0.394 e. The molecule has 3 nitrogen and oxygen atoms in total. The third-order valence-electron chi connectivity index (χ3n) is 1.09. The van der Waals surface area contributed by atoms with E-state index in [1.54, 1.807) is 14.0 Å². The molecule has 1 heterocycles. The molecule has 47 valence electrons. The van der Waals surface area contributed by atoms with E-state index >= 15 is 0 Å². The van der Waals surface area contributed by atoms with Gasteiger partial charge in [0.2, 0.25) is 5.91 Å². The molecule has 1 radical (unpaired) electrons. The number of hydrogen-bond acceptors (Lipinski definition) is 2. The Morgan fingerprint density at radius 3 is 2.44 bits per heavy atom. The first-order valence-corrected chi connectivity index (χ1v) is 2.45. The van der Waals surface area contributed by atoms with E-state index in [4.69, 9.17) is 0 Å². The monoisotopic (exact) mass is 200 g/mol. The van der Waals surface area contributed by atoms with Gasteiger partial charge in [0.15, 0.2) is 0 Å². The van der Waals surface area contributed by atoms with E-state index in [1.165, 1.54) is 5.01 Å². The van der Waals surface area contributed by atoms with Crippen LogP contribution in [0.5, 0.6) is 0 Å². The van der Waals surface area contributed by atoms with Gasteiger partial charge in [-0.15, -0.1) is 0 Å². The van der Waals surface area contributed by atoms with Gasteiger partial charge in [-0.25, -0.2) is 0 Å². The molecular formula is C5H7N2OY-. The number of amides is 1. The Kier molecular flexibility index (Phi) is 3.51. The molecule has 0 bridgehead atoms. The topological polar surface area (TPSA) is 32.7 Å². The van der Waals surface area contributed by atoms with Gasteiger partial charge in [0, 0.05) is 39.8 Å². The summed E-state index contributed by atoms with van der Waals surface area (Å²) < 4.78 is 0. The number of hydrogen-bond donors (Lipinski definition) is 0. The molecule has 1 aliphatic heterocycles. The first-order chi connectivity index (χ1) is 3.72. The number of carbonyl (C=O) groups is 1. The summed E-state index contributed by atoms with van der Waals surface area (Å²) in [6.45, 7) is 1.77. The second kappa shape index (κ2) is 3.42. The molecule has 1 atom stereocenters. The standard InChI is InChI=1S/C5H7N2O.Y/c1-4-3-6-7(2)5(4)8;/h4H,1-2H3;/q-1;. The van der Waals surface area contributed by atoms with Gasteiger partial charge in [-0.1, -0.05) is 12.8 Å². The number of rotatable bonds is 0. The molecule has 0 aromatic carbocycles. The fourth-order valence-electron chi connectivity index (χ4n) is 0.558. The Hall–Kier alpha value is 0.244. The van der Waals surface area contributed by atoms with Crippen molar-refractivity contribution < 1.29 is 37.5 Å². The Morgan fingerprint density at radius 2 is 2.33 bits per heavy atom. The van der Waals surface area contributed by atoms with Crippen molar-refractivity contribution in [2.75, 3.05) is 7.05 Å². The van der Waals surface area contributed by atoms with Gasteiger partial charge in [0.25, 0.3) is 0 Å². The molecule has 1 aliphatic rings. The van der Waals surface area contributed by atoms with Crippen molar-refractivity contribution in [2.24, 2.45) is 11.0 Å². The average molecular weight is 200 g/mol. The van der Waals surface area contributed by atoms with Crippen molar-refractivity contribution in [1.82, 2.24) is 5.01 Å². The maximum absolute atomic E-state index is 10.7. The molecule has 0 aliphatic carbocycles. The molecule has 1 rings (SSSR count). The Morgan fingerprint density at radius 1 is 1.78 bits per heavy atom. The average Bonchev–Trinajstić information content (AvgIpc) is 1.98. The zero-order valence-electron chi connectivity index (χ0n) is 5.46. The van der Waals surface area contributed by atoms with Crippen LogP contribution in [0.25, 0.3) is 0 Å². The zero-order chi connectivity index (χ0) is 6.15. The van der Waals surface area contributed by atoms with Crippen LogP contribution in [0.15, 0.2) is 5.10 Å². The first-order valence-electron chi connectivity index (χ1n) is 2.45. The molecule has 0 fully saturated rings. The minimum absolute atomic E-state index is 0. The van der Waals surface area contributed by atoms with E-state index in [-0.39, 0.29) is 44.5 Å². The summed E-state index contributed by atoms with van der Waals surface area (Å²) in [6.07, 6.45) is 2.62.